The van der Waals surface area contributed by atoms with E-state index in [1.807, 2.05) is 6.07 Å². The molecule has 1 aromatic heterocycles. The van der Waals surface area contributed by atoms with Crippen LogP contribution in [0.25, 0.3) is 11.4 Å². The lowest BCUT2D eigenvalue weighted by Crippen LogP contribution is -2.03. The lowest BCUT2D eigenvalue weighted by molar-refractivity contribution is 0.682. The summed E-state index contributed by atoms with van der Waals surface area (Å²) in [4.78, 5) is 0. The molecule has 4 nitrogen and oxygen atoms in total. The van der Waals surface area contributed by atoms with Crippen molar-refractivity contribution in [3.8, 4) is 11.4 Å². The molecule has 0 atom stereocenters. The third-order valence-corrected chi connectivity index (χ3v) is 2.70. The molecule has 0 spiro atoms. The first-order chi connectivity index (χ1) is 8.35. The quantitative estimate of drug-likeness (QED) is 0.853. The Morgan fingerprint density at radius 2 is 2.24 bits per heavy atom. The molecule has 0 fully saturated rings. The zero-order valence-electron chi connectivity index (χ0n) is 10.1. The highest BCUT2D eigenvalue weighted by atomic mass is 15.3. The van der Waals surface area contributed by atoms with E-state index in [9.17, 15) is 0 Å². The topological polar surface area (TPSA) is 56.7 Å². The van der Waals surface area contributed by atoms with E-state index in [-0.39, 0.29) is 0 Å². The van der Waals surface area contributed by atoms with Crippen molar-refractivity contribution in [3.05, 3.63) is 36.2 Å². The third-order valence-electron chi connectivity index (χ3n) is 2.70. The van der Waals surface area contributed by atoms with Crippen molar-refractivity contribution in [1.82, 2.24) is 14.8 Å². The predicted octanol–water partition coefficient (Wildman–Crippen LogP) is 1.86. The molecule has 0 aliphatic heterocycles. The molecule has 0 saturated heterocycles. The highest BCUT2D eigenvalue weighted by molar-refractivity contribution is 5.56. The maximum atomic E-state index is 5.57. The summed E-state index contributed by atoms with van der Waals surface area (Å²) >= 11 is 0. The van der Waals surface area contributed by atoms with Crippen LogP contribution in [0.1, 0.15) is 18.9 Å². The van der Waals surface area contributed by atoms with Gasteiger partial charge in [0.25, 0.3) is 0 Å². The normalized spacial score (nSPS) is 10.7. The van der Waals surface area contributed by atoms with Gasteiger partial charge in [0, 0.05) is 12.1 Å². The van der Waals surface area contributed by atoms with Crippen molar-refractivity contribution in [2.24, 2.45) is 5.73 Å². The van der Waals surface area contributed by atoms with Gasteiger partial charge in [-0.1, -0.05) is 25.1 Å². The molecule has 2 aromatic rings. The Balaban J connectivity index is 2.31. The summed E-state index contributed by atoms with van der Waals surface area (Å²) in [6.07, 6.45) is 3.76. The van der Waals surface area contributed by atoms with Gasteiger partial charge < -0.3 is 10.3 Å². The van der Waals surface area contributed by atoms with Crippen molar-refractivity contribution < 1.29 is 0 Å². The number of hydrogen-bond donors (Lipinski definition) is 1. The molecule has 0 unspecified atom stereocenters. The summed E-state index contributed by atoms with van der Waals surface area (Å²) in [7, 11) is 0. The molecule has 0 amide bonds. The van der Waals surface area contributed by atoms with Crippen LogP contribution in [-0.2, 0) is 13.0 Å². The van der Waals surface area contributed by atoms with Gasteiger partial charge in [0.1, 0.15) is 6.33 Å². The van der Waals surface area contributed by atoms with Crippen LogP contribution in [0.15, 0.2) is 30.6 Å². The molecular weight excluding hydrogens is 212 g/mol. The van der Waals surface area contributed by atoms with Gasteiger partial charge >= 0.3 is 0 Å². The number of rotatable bonds is 5. The maximum absolute atomic E-state index is 5.57. The molecule has 0 aliphatic carbocycles. The number of nitrogens with zero attached hydrogens (tertiary/aromatic N) is 3. The monoisotopic (exact) mass is 230 g/mol. The Morgan fingerprint density at radius 3 is 3.00 bits per heavy atom. The van der Waals surface area contributed by atoms with E-state index in [1.54, 1.807) is 6.33 Å². The fourth-order valence-electron chi connectivity index (χ4n) is 1.92. The summed E-state index contributed by atoms with van der Waals surface area (Å²) < 4.78 is 2.08. The molecular formula is C13H18N4. The van der Waals surface area contributed by atoms with Crippen LogP contribution in [0.4, 0.5) is 0 Å². The van der Waals surface area contributed by atoms with Gasteiger partial charge in [-0.25, -0.2) is 0 Å². The minimum absolute atomic E-state index is 0.672. The Labute approximate surface area is 101 Å². The Bertz CT molecular complexity index is 476. The SMILES string of the molecule is CCCn1cnnc1-c1cccc(CCN)c1. The van der Waals surface area contributed by atoms with Crippen LogP contribution in [-0.4, -0.2) is 21.3 Å². The van der Waals surface area contributed by atoms with E-state index in [1.165, 1.54) is 5.56 Å². The van der Waals surface area contributed by atoms with Crippen LogP contribution in [0, 0.1) is 0 Å². The molecule has 1 aromatic carbocycles. The van der Waals surface area contributed by atoms with Gasteiger partial charge in [-0.05, 0) is 31.0 Å². The summed E-state index contributed by atoms with van der Waals surface area (Å²) in [5, 5.41) is 8.17. The van der Waals surface area contributed by atoms with Crippen LogP contribution in [0.2, 0.25) is 0 Å². The van der Waals surface area contributed by atoms with Crippen molar-refractivity contribution in [1.29, 1.82) is 0 Å². The van der Waals surface area contributed by atoms with Crippen LogP contribution < -0.4 is 5.73 Å². The van der Waals surface area contributed by atoms with Crippen molar-refractivity contribution >= 4 is 0 Å². The number of hydrogen-bond acceptors (Lipinski definition) is 3. The van der Waals surface area contributed by atoms with E-state index >= 15 is 0 Å². The van der Waals surface area contributed by atoms with Gasteiger partial charge in [0.2, 0.25) is 0 Å². The molecule has 90 valence electrons. The summed E-state index contributed by atoms with van der Waals surface area (Å²) in [6.45, 7) is 3.77. The molecule has 4 heteroatoms. The molecule has 0 saturated carbocycles. The minimum atomic E-state index is 0.672. The lowest BCUT2D eigenvalue weighted by atomic mass is 10.1. The van der Waals surface area contributed by atoms with Crippen LogP contribution in [0.3, 0.4) is 0 Å². The second-order valence-electron chi connectivity index (χ2n) is 4.09. The second kappa shape index (κ2) is 5.59. The van der Waals surface area contributed by atoms with Crippen LogP contribution >= 0.6 is 0 Å². The molecule has 0 bridgehead atoms. The minimum Gasteiger partial charge on any atom is -0.330 e. The predicted molar refractivity (Wildman–Crippen MR) is 68.5 cm³/mol. The van der Waals surface area contributed by atoms with E-state index in [2.05, 4.69) is 39.9 Å². The Hall–Kier alpha value is -1.68. The van der Waals surface area contributed by atoms with E-state index in [0.717, 1.165) is 30.8 Å². The molecule has 1 heterocycles. The second-order valence-corrected chi connectivity index (χ2v) is 4.09. The first kappa shape index (κ1) is 11.8. The zero-order valence-corrected chi connectivity index (χ0v) is 10.1. The van der Waals surface area contributed by atoms with Crippen molar-refractivity contribution in [3.63, 3.8) is 0 Å². The first-order valence-electron chi connectivity index (χ1n) is 6.02. The molecule has 0 aliphatic rings. The largest absolute Gasteiger partial charge is 0.330 e. The summed E-state index contributed by atoms with van der Waals surface area (Å²) in [5.41, 5.74) is 7.93. The van der Waals surface area contributed by atoms with Gasteiger partial charge in [0.15, 0.2) is 5.82 Å². The van der Waals surface area contributed by atoms with E-state index in [4.69, 9.17) is 5.73 Å². The number of benzene rings is 1. The Kier molecular flexibility index (Phi) is 3.88. The fourth-order valence-corrected chi connectivity index (χ4v) is 1.92. The average Bonchev–Trinajstić information content (AvgIpc) is 2.79. The van der Waals surface area contributed by atoms with Gasteiger partial charge in [-0.3, -0.25) is 0 Å². The number of aromatic nitrogens is 3. The lowest BCUT2D eigenvalue weighted by Gasteiger charge is -2.06. The standard InChI is InChI=1S/C13H18N4/c1-2-8-17-10-15-16-13(17)12-5-3-4-11(9-12)6-7-14/h3-5,9-10H,2,6-8,14H2,1H3. The fraction of sp³-hybridized carbons (Fsp3) is 0.385. The van der Waals surface area contributed by atoms with E-state index in [0.29, 0.717) is 6.54 Å². The van der Waals surface area contributed by atoms with Crippen molar-refractivity contribution in [2.75, 3.05) is 6.54 Å². The highest BCUT2D eigenvalue weighted by Gasteiger charge is 2.06. The summed E-state index contributed by atoms with van der Waals surface area (Å²) in [5.74, 6) is 0.936. The first-order valence-corrected chi connectivity index (χ1v) is 6.02. The smallest absolute Gasteiger partial charge is 0.163 e. The zero-order chi connectivity index (χ0) is 12.1. The van der Waals surface area contributed by atoms with E-state index < -0.39 is 0 Å². The molecule has 17 heavy (non-hydrogen) atoms. The average molecular weight is 230 g/mol. The molecule has 0 radical (unpaired) electrons. The Morgan fingerprint density at radius 1 is 1.35 bits per heavy atom. The number of aryl methyl sites for hydroxylation is 1. The molecule has 2 rings (SSSR count). The third kappa shape index (κ3) is 2.71. The van der Waals surface area contributed by atoms with Crippen LogP contribution in [0.5, 0.6) is 0 Å². The van der Waals surface area contributed by atoms with Gasteiger partial charge in [-0.15, -0.1) is 10.2 Å². The van der Waals surface area contributed by atoms with Gasteiger partial charge in [0.05, 0.1) is 0 Å². The highest BCUT2D eigenvalue weighted by Crippen LogP contribution is 2.18. The number of nitrogens with two attached hydrogens (primary N) is 1. The summed E-state index contributed by atoms with van der Waals surface area (Å²) in [6, 6.07) is 8.35. The van der Waals surface area contributed by atoms with Crippen molar-refractivity contribution in [2.45, 2.75) is 26.3 Å². The van der Waals surface area contributed by atoms with Gasteiger partial charge in [-0.2, -0.15) is 0 Å². The maximum Gasteiger partial charge on any atom is 0.163 e. The molecule has 2 N–H and O–H groups in total.